The first-order valence-corrected chi connectivity index (χ1v) is 6.17. The summed E-state index contributed by atoms with van der Waals surface area (Å²) in [6.45, 7) is 1.02. The van der Waals surface area contributed by atoms with Gasteiger partial charge in [-0.1, -0.05) is 12.1 Å². The van der Waals surface area contributed by atoms with Crippen LogP contribution in [0, 0.1) is 0 Å². The molecule has 1 rings (SSSR count). The number of benzene rings is 1. The summed E-state index contributed by atoms with van der Waals surface area (Å²) < 4.78 is 0. The van der Waals surface area contributed by atoms with Gasteiger partial charge in [-0.25, -0.2) is 0 Å². The lowest BCUT2D eigenvalue weighted by molar-refractivity contribution is 1.23. The predicted molar refractivity (Wildman–Crippen MR) is 62.9 cm³/mol. The van der Waals surface area contributed by atoms with Crippen molar-refractivity contribution in [1.29, 1.82) is 0 Å². The van der Waals surface area contributed by atoms with Gasteiger partial charge in [0, 0.05) is 23.9 Å². The third kappa shape index (κ3) is 3.92. The Bertz CT molecular complexity index is 235. The van der Waals surface area contributed by atoms with Crippen LogP contribution in [-0.4, -0.2) is 18.6 Å². The van der Waals surface area contributed by atoms with E-state index in [0.29, 0.717) is 5.88 Å². The number of nitrogens with one attached hydrogen (secondary N) is 1. The molecule has 0 bridgehead atoms. The second kappa shape index (κ2) is 6.17. The van der Waals surface area contributed by atoms with Crippen LogP contribution in [0.3, 0.4) is 0 Å². The summed E-state index contributed by atoms with van der Waals surface area (Å²) in [7, 11) is 0. The molecule has 0 saturated heterocycles. The number of halogens is 1. The molecular weight excluding hydrogens is 202 g/mol. The van der Waals surface area contributed by atoms with Gasteiger partial charge in [-0.05, 0) is 24.0 Å². The zero-order valence-electron chi connectivity index (χ0n) is 7.72. The molecule has 1 N–H and O–H groups in total. The molecule has 0 atom stereocenters. The SMILES string of the molecule is CSCCNc1ccc(CCl)cc1. The van der Waals surface area contributed by atoms with E-state index >= 15 is 0 Å². The maximum atomic E-state index is 5.68. The van der Waals surface area contributed by atoms with Crippen LogP contribution in [0.2, 0.25) is 0 Å². The molecule has 0 aliphatic heterocycles. The van der Waals surface area contributed by atoms with E-state index in [9.17, 15) is 0 Å². The number of hydrogen-bond donors (Lipinski definition) is 1. The van der Waals surface area contributed by atoms with Gasteiger partial charge in [-0.3, -0.25) is 0 Å². The molecule has 0 radical (unpaired) electrons. The highest BCUT2D eigenvalue weighted by Crippen LogP contribution is 2.10. The number of thioether (sulfide) groups is 1. The van der Waals surface area contributed by atoms with Crippen molar-refractivity contribution in [2.24, 2.45) is 0 Å². The van der Waals surface area contributed by atoms with Gasteiger partial charge < -0.3 is 5.32 Å². The Labute approximate surface area is 88.9 Å². The zero-order valence-corrected chi connectivity index (χ0v) is 9.29. The van der Waals surface area contributed by atoms with Gasteiger partial charge in [0.15, 0.2) is 0 Å². The molecule has 13 heavy (non-hydrogen) atoms. The van der Waals surface area contributed by atoms with Gasteiger partial charge in [-0.15, -0.1) is 11.6 Å². The Kier molecular flexibility index (Phi) is 5.09. The van der Waals surface area contributed by atoms with Gasteiger partial charge >= 0.3 is 0 Å². The second-order valence-corrected chi connectivity index (χ2v) is 4.00. The monoisotopic (exact) mass is 215 g/mol. The Hall–Kier alpha value is -0.340. The summed E-state index contributed by atoms with van der Waals surface area (Å²) >= 11 is 7.53. The first kappa shape index (κ1) is 10.7. The van der Waals surface area contributed by atoms with Crippen molar-refractivity contribution in [2.75, 3.05) is 23.9 Å². The zero-order chi connectivity index (χ0) is 9.52. The van der Waals surface area contributed by atoms with Crippen molar-refractivity contribution in [1.82, 2.24) is 0 Å². The van der Waals surface area contributed by atoms with E-state index in [4.69, 9.17) is 11.6 Å². The highest BCUT2D eigenvalue weighted by molar-refractivity contribution is 7.98. The number of alkyl halides is 1. The first-order valence-electron chi connectivity index (χ1n) is 4.24. The summed E-state index contributed by atoms with van der Waals surface area (Å²) in [5.41, 5.74) is 2.33. The van der Waals surface area contributed by atoms with Crippen molar-refractivity contribution in [3.63, 3.8) is 0 Å². The lowest BCUT2D eigenvalue weighted by atomic mass is 10.2. The number of rotatable bonds is 5. The van der Waals surface area contributed by atoms with E-state index in [0.717, 1.165) is 17.9 Å². The highest BCUT2D eigenvalue weighted by Gasteiger charge is 1.91. The van der Waals surface area contributed by atoms with Gasteiger partial charge in [0.2, 0.25) is 0 Å². The Balaban J connectivity index is 2.40. The molecule has 0 amide bonds. The lowest BCUT2D eigenvalue weighted by Gasteiger charge is -2.05. The van der Waals surface area contributed by atoms with Crippen LogP contribution in [0.5, 0.6) is 0 Å². The van der Waals surface area contributed by atoms with Crippen molar-refractivity contribution in [3.05, 3.63) is 29.8 Å². The molecule has 0 spiro atoms. The van der Waals surface area contributed by atoms with Gasteiger partial charge in [0.1, 0.15) is 0 Å². The van der Waals surface area contributed by atoms with Crippen molar-refractivity contribution >= 4 is 29.1 Å². The standard InChI is InChI=1S/C10H14ClNS/c1-13-7-6-12-10-4-2-9(8-11)3-5-10/h2-5,12H,6-8H2,1H3. The largest absolute Gasteiger partial charge is 0.384 e. The average molecular weight is 216 g/mol. The summed E-state index contributed by atoms with van der Waals surface area (Å²) in [6, 6.07) is 8.24. The van der Waals surface area contributed by atoms with E-state index in [2.05, 4.69) is 35.8 Å². The molecule has 0 unspecified atom stereocenters. The molecule has 1 aromatic carbocycles. The molecule has 72 valence electrons. The van der Waals surface area contributed by atoms with Crippen LogP contribution in [-0.2, 0) is 5.88 Å². The Morgan fingerprint density at radius 1 is 1.31 bits per heavy atom. The summed E-state index contributed by atoms with van der Waals surface area (Å²) in [5.74, 6) is 1.72. The quantitative estimate of drug-likeness (QED) is 0.598. The van der Waals surface area contributed by atoms with Crippen molar-refractivity contribution in [3.8, 4) is 0 Å². The molecule has 0 heterocycles. The molecule has 0 aliphatic rings. The lowest BCUT2D eigenvalue weighted by Crippen LogP contribution is -2.03. The topological polar surface area (TPSA) is 12.0 Å². The molecule has 0 aromatic heterocycles. The molecule has 1 aromatic rings. The number of hydrogen-bond acceptors (Lipinski definition) is 2. The van der Waals surface area contributed by atoms with E-state index in [1.54, 1.807) is 0 Å². The minimum absolute atomic E-state index is 0.588. The maximum Gasteiger partial charge on any atom is 0.0474 e. The van der Waals surface area contributed by atoms with Crippen LogP contribution >= 0.6 is 23.4 Å². The highest BCUT2D eigenvalue weighted by atomic mass is 35.5. The molecule has 1 nitrogen and oxygen atoms in total. The first-order chi connectivity index (χ1) is 6.36. The van der Waals surface area contributed by atoms with Crippen molar-refractivity contribution in [2.45, 2.75) is 5.88 Å². The van der Waals surface area contributed by atoms with Gasteiger partial charge in [-0.2, -0.15) is 11.8 Å². The maximum absolute atomic E-state index is 5.68. The summed E-state index contributed by atoms with van der Waals surface area (Å²) in [6.07, 6.45) is 2.11. The molecule has 0 saturated carbocycles. The molecule has 3 heteroatoms. The van der Waals surface area contributed by atoms with Crippen LogP contribution < -0.4 is 5.32 Å². The summed E-state index contributed by atoms with van der Waals surface area (Å²) in [5, 5.41) is 3.33. The second-order valence-electron chi connectivity index (χ2n) is 2.75. The fourth-order valence-electron chi connectivity index (χ4n) is 1.01. The molecule has 0 fully saturated rings. The van der Waals surface area contributed by atoms with E-state index in [-0.39, 0.29) is 0 Å². The third-order valence-corrected chi connectivity index (χ3v) is 2.66. The fraction of sp³-hybridized carbons (Fsp3) is 0.400. The predicted octanol–water partition coefficient (Wildman–Crippen LogP) is 3.20. The molecule has 0 aliphatic carbocycles. The minimum Gasteiger partial charge on any atom is -0.384 e. The normalized spacial score (nSPS) is 10.0. The van der Waals surface area contributed by atoms with E-state index < -0.39 is 0 Å². The van der Waals surface area contributed by atoms with Crippen LogP contribution in [0.25, 0.3) is 0 Å². The Morgan fingerprint density at radius 2 is 2.00 bits per heavy atom. The average Bonchev–Trinajstić information content (AvgIpc) is 2.19. The minimum atomic E-state index is 0.588. The van der Waals surface area contributed by atoms with Crippen molar-refractivity contribution < 1.29 is 0 Å². The van der Waals surface area contributed by atoms with E-state index in [1.165, 1.54) is 5.69 Å². The third-order valence-electron chi connectivity index (χ3n) is 1.74. The van der Waals surface area contributed by atoms with Crippen LogP contribution in [0.4, 0.5) is 5.69 Å². The Morgan fingerprint density at radius 3 is 2.54 bits per heavy atom. The van der Waals surface area contributed by atoms with Crippen LogP contribution in [0.15, 0.2) is 24.3 Å². The van der Waals surface area contributed by atoms with Crippen LogP contribution in [0.1, 0.15) is 5.56 Å². The smallest absolute Gasteiger partial charge is 0.0474 e. The van der Waals surface area contributed by atoms with Gasteiger partial charge in [0.05, 0.1) is 0 Å². The number of anilines is 1. The van der Waals surface area contributed by atoms with Gasteiger partial charge in [0.25, 0.3) is 0 Å². The summed E-state index contributed by atoms with van der Waals surface area (Å²) in [4.78, 5) is 0. The molecular formula is C10H14ClNS. The fourth-order valence-corrected chi connectivity index (χ4v) is 1.49. The van der Waals surface area contributed by atoms with E-state index in [1.807, 2.05) is 11.8 Å².